The van der Waals surface area contributed by atoms with Crippen molar-refractivity contribution in [3.63, 3.8) is 0 Å². The van der Waals surface area contributed by atoms with Crippen LogP contribution >= 0.6 is 11.3 Å². The van der Waals surface area contributed by atoms with Crippen LogP contribution < -0.4 is 5.32 Å². The number of morpholine rings is 1. The molecule has 0 spiro atoms. The lowest BCUT2D eigenvalue weighted by Gasteiger charge is -2.26. The number of nitrogens with one attached hydrogen (secondary N) is 1. The maximum absolute atomic E-state index is 12.8. The Morgan fingerprint density at radius 1 is 1.03 bits per heavy atom. The number of ether oxygens (including phenoxy) is 2. The van der Waals surface area contributed by atoms with Crippen molar-refractivity contribution in [2.75, 3.05) is 38.2 Å². The number of esters is 1. The summed E-state index contributed by atoms with van der Waals surface area (Å²) in [6.07, 6.45) is 0. The van der Waals surface area contributed by atoms with E-state index < -0.39 is 28.5 Å². The molecule has 0 bridgehead atoms. The smallest absolute Gasteiger partial charge is 0.349 e. The first-order chi connectivity index (χ1) is 15.9. The van der Waals surface area contributed by atoms with E-state index in [1.807, 2.05) is 36.4 Å². The summed E-state index contributed by atoms with van der Waals surface area (Å²) < 4.78 is 37.4. The number of amides is 1. The summed E-state index contributed by atoms with van der Waals surface area (Å²) in [5, 5.41) is 4.37. The van der Waals surface area contributed by atoms with Gasteiger partial charge in [0.15, 0.2) is 6.61 Å². The number of carbonyl (C=O) groups is 2. The molecule has 2 aromatic carbocycles. The van der Waals surface area contributed by atoms with E-state index in [1.165, 1.54) is 27.8 Å². The van der Waals surface area contributed by atoms with Gasteiger partial charge in [0.25, 0.3) is 5.91 Å². The topological polar surface area (TPSA) is 102 Å². The minimum atomic E-state index is -3.69. The zero-order valence-corrected chi connectivity index (χ0v) is 19.2. The van der Waals surface area contributed by atoms with Gasteiger partial charge in [-0.3, -0.25) is 4.79 Å². The molecule has 1 N–H and O–H groups in total. The maximum atomic E-state index is 12.8. The third kappa shape index (κ3) is 5.48. The fraction of sp³-hybridized carbons (Fsp3) is 0.217. The molecule has 0 aliphatic carbocycles. The number of sulfonamides is 1. The van der Waals surface area contributed by atoms with Gasteiger partial charge >= 0.3 is 5.97 Å². The van der Waals surface area contributed by atoms with E-state index in [9.17, 15) is 18.0 Å². The normalized spacial score (nSPS) is 14.5. The van der Waals surface area contributed by atoms with Gasteiger partial charge in [-0.05, 0) is 35.2 Å². The summed E-state index contributed by atoms with van der Waals surface area (Å²) in [6.45, 7) is 0.755. The lowest BCUT2D eigenvalue weighted by molar-refractivity contribution is -0.119. The van der Waals surface area contributed by atoms with Gasteiger partial charge in [0.2, 0.25) is 10.0 Å². The number of carbonyl (C=O) groups excluding carboxylic acids is 2. The highest BCUT2D eigenvalue weighted by Crippen LogP contribution is 2.28. The van der Waals surface area contributed by atoms with Gasteiger partial charge in [-0.1, -0.05) is 36.4 Å². The van der Waals surface area contributed by atoms with Crippen LogP contribution in [0.3, 0.4) is 0 Å². The summed E-state index contributed by atoms with van der Waals surface area (Å²) in [5.41, 5.74) is 1.92. The molecule has 1 aliphatic rings. The van der Waals surface area contributed by atoms with E-state index in [4.69, 9.17) is 9.47 Å². The van der Waals surface area contributed by atoms with E-state index in [1.54, 1.807) is 17.5 Å². The van der Waals surface area contributed by atoms with Crippen LogP contribution in [0.25, 0.3) is 11.1 Å². The Bertz CT molecular complexity index is 1230. The van der Waals surface area contributed by atoms with Crippen molar-refractivity contribution in [1.82, 2.24) is 4.31 Å². The second kappa shape index (κ2) is 10.3. The van der Waals surface area contributed by atoms with Crippen LogP contribution in [0.1, 0.15) is 9.67 Å². The molecule has 1 aliphatic heterocycles. The third-order valence-electron chi connectivity index (χ3n) is 5.00. The zero-order chi connectivity index (χ0) is 23.3. The first-order valence-electron chi connectivity index (χ1n) is 10.2. The Labute approximate surface area is 195 Å². The van der Waals surface area contributed by atoms with E-state index in [0.29, 0.717) is 23.8 Å². The van der Waals surface area contributed by atoms with Gasteiger partial charge in [0, 0.05) is 24.3 Å². The zero-order valence-electron chi connectivity index (χ0n) is 17.6. The summed E-state index contributed by atoms with van der Waals surface area (Å²) in [5.74, 6) is -1.16. The Kier molecular flexibility index (Phi) is 7.19. The Hall–Kier alpha value is -3.05. The van der Waals surface area contributed by atoms with Gasteiger partial charge < -0.3 is 14.8 Å². The van der Waals surface area contributed by atoms with Gasteiger partial charge in [0.05, 0.1) is 18.1 Å². The Morgan fingerprint density at radius 2 is 1.79 bits per heavy atom. The van der Waals surface area contributed by atoms with Crippen LogP contribution in [0.5, 0.6) is 0 Å². The SMILES string of the molecule is O=C(COC(=O)c1sccc1-c1ccccc1)Nc1cccc(S(=O)(=O)N2CCOCC2)c1. The molecule has 1 saturated heterocycles. The van der Waals surface area contributed by atoms with Crippen LogP contribution in [0.2, 0.25) is 0 Å². The molecule has 172 valence electrons. The largest absolute Gasteiger partial charge is 0.451 e. The quantitative estimate of drug-likeness (QED) is 0.515. The molecule has 0 radical (unpaired) electrons. The number of hydrogen-bond acceptors (Lipinski definition) is 7. The number of benzene rings is 2. The summed E-state index contributed by atoms with van der Waals surface area (Å²) in [4.78, 5) is 25.4. The summed E-state index contributed by atoms with van der Waals surface area (Å²) in [6, 6.07) is 17.2. The molecule has 2 heterocycles. The highest BCUT2D eigenvalue weighted by Gasteiger charge is 2.26. The minimum Gasteiger partial charge on any atom is -0.451 e. The van der Waals surface area contributed by atoms with Crippen LogP contribution in [0, 0.1) is 0 Å². The number of thiophene rings is 1. The van der Waals surface area contributed by atoms with Crippen molar-refractivity contribution in [3.8, 4) is 11.1 Å². The van der Waals surface area contributed by atoms with E-state index in [-0.39, 0.29) is 18.0 Å². The molecule has 4 rings (SSSR count). The lowest BCUT2D eigenvalue weighted by Crippen LogP contribution is -2.40. The highest BCUT2D eigenvalue weighted by atomic mass is 32.2. The van der Waals surface area contributed by atoms with Crippen molar-refractivity contribution in [2.24, 2.45) is 0 Å². The van der Waals surface area contributed by atoms with Gasteiger partial charge in [0.1, 0.15) is 4.88 Å². The summed E-state index contributed by atoms with van der Waals surface area (Å²) in [7, 11) is -3.69. The van der Waals surface area contributed by atoms with Crippen LogP contribution in [-0.4, -0.2) is 57.5 Å². The minimum absolute atomic E-state index is 0.0743. The third-order valence-corrected chi connectivity index (χ3v) is 7.78. The lowest BCUT2D eigenvalue weighted by atomic mass is 10.1. The molecule has 0 atom stereocenters. The molecule has 1 aromatic heterocycles. The number of nitrogens with zero attached hydrogens (tertiary/aromatic N) is 1. The molecule has 8 nitrogen and oxygen atoms in total. The van der Waals surface area contributed by atoms with Crippen molar-refractivity contribution >= 4 is 38.9 Å². The van der Waals surface area contributed by atoms with Gasteiger partial charge in [-0.25, -0.2) is 13.2 Å². The average Bonchev–Trinajstić information content (AvgIpc) is 3.34. The Balaban J connectivity index is 1.38. The van der Waals surface area contributed by atoms with E-state index >= 15 is 0 Å². The van der Waals surface area contributed by atoms with Crippen LogP contribution in [0.4, 0.5) is 5.69 Å². The molecule has 3 aromatic rings. The van der Waals surface area contributed by atoms with E-state index in [0.717, 1.165) is 11.1 Å². The second-order valence-corrected chi connectivity index (χ2v) is 10.1. The summed E-state index contributed by atoms with van der Waals surface area (Å²) >= 11 is 1.24. The molecule has 0 saturated carbocycles. The average molecular weight is 487 g/mol. The number of hydrogen-bond donors (Lipinski definition) is 1. The molecule has 10 heteroatoms. The van der Waals surface area contributed by atoms with Crippen LogP contribution in [-0.2, 0) is 24.3 Å². The first kappa shape index (κ1) is 23.1. The molecular weight excluding hydrogens is 464 g/mol. The van der Waals surface area contributed by atoms with Crippen molar-refractivity contribution in [1.29, 1.82) is 0 Å². The number of anilines is 1. The molecule has 33 heavy (non-hydrogen) atoms. The molecule has 1 amide bonds. The molecule has 1 fully saturated rings. The Morgan fingerprint density at radius 3 is 2.55 bits per heavy atom. The predicted octanol–water partition coefficient (Wildman–Crippen LogP) is 3.23. The van der Waals surface area contributed by atoms with E-state index in [2.05, 4.69) is 5.32 Å². The van der Waals surface area contributed by atoms with Crippen LogP contribution in [0.15, 0.2) is 70.9 Å². The van der Waals surface area contributed by atoms with Crippen molar-refractivity contribution < 1.29 is 27.5 Å². The highest BCUT2D eigenvalue weighted by molar-refractivity contribution is 7.89. The second-order valence-electron chi connectivity index (χ2n) is 7.20. The first-order valence-corrected chi connectivity index (χ1v) is 12.5. The fourth-order valence-corrected chi connectivity index (χ4v) is 5.64. The van der Waals surface area contributed by atoms with Crippen molar-refractivity contribution in [2.45, 2.75) is 4.90 Å². The number of rotatable bonds is 7. The predicted molar refractivity (Wildman–Crippen MR) is 125 cm³/mol. The monoisotopic (exact) mass is 486 g/mol. The molecule has 0 unspecified atom stereocenters. The standard InChI is InChI=1S/C23H22N2O6S2/c26-21(16-31-23(27)22-20(9-14-32-22)17-5-2-1-3-6-17)24-18-7-4-8-19(15-18)33(28,29)25-10-12-30-13-11-25/h1-9,14-15H,10-13,16H2,(H,24,26). The fourth-order valence-electron chi connectivity index (χ4n) is 3.38. The van der Waals surface area contributed by atoms with Gasteiger partial charge in [-0.15, -0.1) is 11.3 Å². The molecular formula is C23H22N2O6S2. The maximum Gasteiger partial charge on any atom is 0.349 e. The van der Waals surface area contributed by atoms with Gasteiger partial charge in [-0.2, -0.15) is 4.31 Å². The van der Waals surface area contributed by atoms with Crippen molar-refractivity contribution in [3.05, 3.63) is 70.9 Å².